The van der Waals surface area contributed by atoms with Gasteiger partial charge >= 0.3 is 0 Å². The topological polar surface area (TPSA) is 71.5 Å². The number of nitrogens with one attached hydrogen (secondary N) is 3. The second kappa shape index (κ2) is 8.13. The van der Waals surface area contributed by atoms with E-state index >= 15 is 0 Å². The lowest BCUT2D eigenvalue weighted by Crippen LogP contribution is -2.54. The van der Waals surface area contributed by atoms with E-state index in [0.717, 1.165) is 40.9 Å². The lowest BCUT2D eigenvalue weighted by atomic mass is 10.1. The van der Waals surface area contributed by atoms with Gasteiger partial charge in [-0.15, -0.1) is 0 Å². The molecule has 3 aliphatic rings. The Hall–Kier alpha value is -2.43. The minimum atomic E-state index is 0.0240. The first kappa shape index (κ1) is 19.9. The fraction of sp³-hybridized carbons (Fsp3) is 0.364. The van der Waals surface area contributed by atoms with Crippen molar-refractivity contribution >= 4 is 31.7 Å². The van der Waals surface area contributed by atoms with Gasteiger partial charge in [-0.3, -0.25) is 4.79 Å². The maximum atomic E-state index is 12.9. The van der Waals surface area contributed by atoms with E-state index in [2.05, 4.69) is 41.5 Å². The Bertz CT molecular complexity index is 912. The van der Waals surface area contributed by atoms with Crippen LogP contribution >= 0.6 is 8.58 Å². The van der Waals surface area contributed by atoms with Gasteiger partial charge in [0.05, 0.1) is 11.5 Å². The summed E-state index contributed by atoms with van der Waals surface area (Å²) in [6, 6.07) is 6.84. The van der Waals surface area contributed by atoms with E-state index in [1.807, 2.05) is 36.3 Å². The number of allylic oxidation sites excluding steroid dienone is 1. The number of anilines is 1. The van der Waals surface area contributed by atoms with Crippen LogP contribution in [0.5, 0.6) is 0 Å². The summed E-state index contributed by atoms with van der Waals surface area (Å²) >= 11 is 0. The predicted molar refractivity (Wildman–Crippen MR) is 122 cm³/mol. The second-order valence-corrected chi connectivity index (χ2v) is 9.29. The summed E-state index contributed by atoms with van der Waals surface area (Å²) in [6.07, 6.45) is 9.46. The van der Waals surface area contributed by atoms with E-state index in [0.29, 0.717) is 20.7 Å². The molecule has 6 nitrogen and oxygen atoms in total. The number of carbonyl (C=O) groups excluding carboxylic acids is 1. The molecule has 0 radical (unpaired) electrons. The zero-order valence-corrected chi connectivity index (χ0v) is 18.1. The Balaban J connectivity index is 1.57. The first-order valence-electron chi connectivity index (χ1n) is 10.0. The van der Waals surface area contributed by atoms with Crippen LogP contribution < -0.4 is 10.6 Å². The highest BCUT2D eigenvalue weighted by atomic mass is 31.1. The normalized spacial score (nSPS) is 27.4. The van der Waals surface area contributed by atoms with E-state index in [9.17, 15) is 4.79 Å². The average Bonchev–Trinajstić information content (AvgIpc) is 2.72. The zero-order valence-electron chi connectivity index (χ0n) is 17.1. The second-order valence-electron chi connectivity index (χ2n) is 7.88. The zero-order chi connectivity index (χ0) is 20.5. The van der Waals surface area contributed by atoms with Gasteiger partial charge in [0.25, 0.3) is 5.91 Å². The Morgan fingerprint density at radius 3 is 2.72 bits per heavy atom. The summed E-state index contributed by atoms with van der Waals surface area (Å²) < 4.78 is 0. The third-order valence-electron chi connectivity index (χ3n) is 5.56. The van der Waals surface area contributed by atoms with Crippen LogP contribution in [0, 0.1) is 5.41 Å². The van der Waals surface area contributed by atoms with Crippen molar-refractivity contribution < 1.29 is 4.79 Å². The molecule has 1 aromatic rings. The molecule has 0 bridgehead atoms. The highest BCUT2D eigenvalue weighted by molar-refractivity contribution is 7.51. The molecule has 4 rings (SSSR count). The van der Waals surface area contributed by atoms with Crippen molar-refractivity contribution in [1.82, 2.24) is 15.1 Å². The van der Waals surface area contributed by atoms with Gasteiger partial charge in [-0.05, 0) is 42.9 Å². The maximum Gasteiger partial charge on any atom is 0.252 e. The summed E-state index contributed by atoms with van der Waals surface area (Å²) in [5.41, 5.74) is 3.87. The Morgan fingerprint density at radius 1 is 1.28 bits per heavy atom. The summed E-state index contributed by atoms with van der Waals surface area (Å²) in [5.74, 6) is 0.0901. The van der Waals surface area contributed by atoms with Crippen molar-refractivity contribution in [3.63, 3.8) is 0 Å². The number of nitrogens with zero attached hydrogens (tertiary/aromatic N) is 2. The van der Waals surface area contributed by atoms with Gasteiger partial charge in [0.1, 0.15) is 0 Å². The summed E-state index contributed by atoms with van der Waals surface area (Å²) in [4.78, 5) is 17.2. The SMILES string of the molecule is CNc1ccc(C2=CC(=O)N3C=C(N4C[C@@H](C)N[C@@H](C)C4)C=CC3P2)cc1C=N. The molecule has 29 heavy (non-hydrogen) atoms. The molecule has 0 aromatic heterocycles. The van der Waals surface area contributed by atoms with Gasteiger partial charge in [-0.25, -0.2) is 0 Å². The minimum absolute atomic E-state index is 0.0240. The van der Waals surface area contributed by atoms with E-state index in [-0.39, 0.29) is 11.7 Å². The molecule has 4 atom stereocenters. The van der Waals surface area contributed by atoms with Crippen LogP contribution in [0.3, 0.4) is 0 Å². The van der Waals surface area contributed by atoms with Crippen LogP contribution in [-0.2, 0) is 4.79 Å². The molecular formula is C22H28N5OP. The smallest absolute Gasteiger partial charge is 0.252 e. The van der Waals surface area contributed by atoms with Crippen LogP contribution in [0.15, 0.2) is 48.3 Å². The third-order valence-corrected chi connectivity index (χ3v) is 7.07. The van der Waals surface area contributed by atoms with Crippen molar-refractivity contribution in [2.75, 3.05) is 25.5 Å². The molecule has 0 spiro atoms. The lowest BCUT2D eigenvalue weighted by molar-refractivity contribution is -0.123. The fourth-order valence-electron chi connectivity index (χ4n) is 4.23. The van der Waals surface area contributed by atoms with Crippen LogP contribution in [0.25, 0.3) is 5.31 Å². The Kier molecular flexibility index (Phi) is 5.57. The first-order valence-corrected chi connectivity index (χ1v) is 11.1. The van der Waals surface area contributed by atoms with Crippen LogP contribution in [0.1, 0.15) is 25.0 Å². The number of amides is 1. The molecule has 7 heteroatoms. The third kappa shape index (κ3) is 4.00. The van der Waals surface area contributed by atoms with E-state index < -0.39 is 0 Å². The van der Waals surface area contributed by atoms with E-state index in [1.54, 1.807) is 6.08 Å². The molecule has 2 unspecified atom stereocenters. The Morgan fingerprint density at radius 2 is 2.03 bits per heavy atom. The number of hydrogen-bond acceptors (Lipinski definition) is 5. The molecule has 152 valence electrons. The van der Waals surface area contributed by atoms with Crippen LogP contribution in [-0.4, -0.2) is 59.9 Å². The average molecular weight is 409 g/mol. The molecule has 3 heterocycles. The van der Waals surface area contributed by atoms with Gasteiger partial charge in [-0.1, -0.05) is 20.7 Å². The largest absolute Gasteiger partial charge is 0.388 e. The molecule has 1 aromatic carbocycles. The van der Waals surface area contributed by atoms with Gasteiger partial charge in [0, 0.05) is 62.0 Å². The molecule has 0 saturated carbocycles. The number of hydrogen-bond donors (Lipinski definition) is 3. The molecule has 1 fully saturated rings. The van der Waals surface area contributed by atoms with Crippen molar-refractivity contribution in [2.45, 2.75) is 31.7 Å². The Labute approximate surface area is 174 Å². The standard InChI is InChI=1S/C22H28N5OP/c1-14-11-26(12-15(2)25-14)18-5-7-22-27(13-18)21(28)9-20(29-22)16-4-6-19(24-3)17(8-16)10-23/h4-10,13-15,22-25,29H,11-12H2,1-3H3/t14-,15+,22?. The molecule has 0 aliphatic carbocycles. The molecule has 3 N–H and O–H groups in total. The number of benzene rings is 1. The van der Waals surface area contributed by atoms with Crippen molar-refractivity contribution in [3.05, 3.63) is 59.5 Å². The highest BCUT2D eigenvalue weighted by Gasteiger charge is 2.31. The van der Waals surface area contributed by atoms with Gasteiger partial charge in [0.15, 0.2) is 0 Å². The first-order chi connectivity index (χ1) is 14.0. The number of rotatable bonds is 4. The van der Waals surface area contributed by atoms with Crippen LogP contribution in [0.4, 0.5) is 5.69 Å². The molecule has 1 saturated heterocycles. The lowest BCUT2D eigenvalue weighted by Gasteiger charge is -2.41. The van der Waals surface area contributed by atoms with Crippen LogP contribution in [0.2, 0.25) is 0 Å². The van der Waals surface area contributed by atoms with Gasteiger partial charge in [-0.2, -0.15) is 0 Å². The summed E-state index contributed by atoms with van der Waals surface area (Å²) in [7, 11) is 2.33. The summed E-state index contributed by atoms with van der Waals surface area (Å²) in [5, 5.41) is 15.4. The highest BCUT2D eigenvalue weighted by Crippen LogP contribution is 2.45. The van der Waals surface area contributed by atoms with E-state index in [4.69, 9.17) is 5.41 Å². The maximum absolute atomic E-state index is 12.9. The fourth-order valence-corrected chi connectivity index (χ4v) is 5.62. The molecule has 3 aliphatic heterocycles. The number of carbonyl (C=O) groups is 1. The minimum Gasteiger partial charge on any atom is -0.388 e. The molecular weight excluding hydrogens is 381 g/mol. The predicted octanol–water partition coefficient (Wildman–Crippen LogP) is 3.01. The van der Waals surface area contributed by atoms with Crippen molar-refractivity contribution in [3.8, 4) is 0 Å². The monoisotopic (exact) mass is 409 g/mol. The molecule has 1 amide bonds. The number of piperazine rings is 1. The van der Waals surface area contributed by atoms with E-state index in [1.165, 1.54) is 6.21 Å². The summed E-state index contributed by atoms with van der Waals surface area (Å²) in [6.45, 7) is 6.29. The van der Waals surface area contributed by atoms with Crippen molar-refractivity contribution in [2.24, 2.45) is 0 Å². The number of fused-ring (bicyclic) bond motifs is 1. The van der Waals surface area contributed by atoms with Gasteiger partial charge in [0.2, 0.25) is 0 Å². The van der Waals surface area contributed by atoms with Gasteiger partial charge < -0.3 is 25.8 Å². The van der Waals surface area contributed by atoms with Crippen molar-refractivity contribution in [1.29, 1.82) is 5.41 Å². The quantitative estimate of drug-likeness (QED) is 0.528.